The molecule has 1 aromatic rings. The van der Waals surface area contributed by atoms with Crippen molar-refractivity contribution in [1.29, 1.82) is 0 Å². The Hall–Kier alpha value is -0.840. The van der Waals surface area contributed by atoms with Crippen LogP contribution in [-0.4, -0.2) is 48.6 Å². The molecule has 2 saturated heterocycles. The summed E-state index contributed by atoms with van der Waals surface area (Å²) in [5.41, 5.74) is 1.34. The van der Waals surface area contributed by atoms with Crippen molar-refractivity contribution in [2.75, 3.05) is 31.6 Å². The average Bonchev–Trinajstić information content (AvgIpc) is 3.10. The van der Waals surface area contributed by atoms with Gasteiger partial charge in [-0.25, -0.2) is 4.98 Å². The lowest BCUT2D eigenvalue weighted by Gasteiger charge is -2.35. The van der Waals surface area contributed by atoms with Crippen LogP contribution in [0.3, 0.4) is 0 Å². The van der Waals surface area contributed by atoms with Crippen LogP contribution in [0.4, 0.5) is 5.82 Å². The molecular formula is C19H33ClN4. The zero-order chi connectivity index (χ0) is 16.2. The minimum absolute atomic E-state index is 0. The maximum absolute atomic E-state index is 4.63. The highest BCUT2D eigenvalue weighted by Gasteiger charge is 2.28. The van der Waals surface area contributed by atoms with Gasteiger partial charge < -0.3 is 10.2 Å². The van der Waals surface area contributed by atoms with Crippen LogP contribution < -0.4 is 10.2 Å². The molecule has 2 aliphatic heterocycles. The number of anilines is 1. The third-order valence-electron chi connectivity index (χ3n) is 5.65. The molecule has 4 nitrogen and oxygen atoms in total. The van der Waals surface area contributed by atoms with Gasteiger partial charge in [0.15, 0.2) is 0 Å². The van der Waals surface area contributed by atoms with Crippen molar-refractivity contribution < 1.29 is 0 Å². The number of piperidine rings is 1. The van der Waals surface area contributed by atoms with Crippen LogP contribution in [0.2, 0.25) is 0 Å². The molecule has 1 atom stereocenters. The highest BCUT2D eigenvalue weighted by Crippen LogP contribution is 2.26. The monoisotopic (exact) mass is 352 g/mol. The number of likely N-dealkylation sites (tertiary alicyclic amines) is 1. The van der Waals surface area contributed by atoms with Gasteiger partial charge in [0.2, 0.25) is 0 Å². The standard InChI is InChI=1S/C19H32N4.ClH/c1-15(2)22(3)19-7-6-16(13-21-19)14-23-11-8-17(9-12-23)18-5-4-10-20-18;/h6-7,13,15,17-18,20H,4-5,8-12,14H2,1-3H3;1H. The number of halogens is 1. The second kappa shape index (κ2) is 9.02. The van der Waals surface area contributed by atoms with Crippen LogP contribution in [0.25, 0.3) is 0 Å². The third-order valence-corrected chi connectivity index (χ3v) is 5.65. The lowest BCUT2D eigenvalue weighted by molar-refractivity contribution is 0.157. The first-order chi connectivity index (χ1) is 11.1. The molecule has 2 fully saturated rings. The van der Waals surface area contributed by atoms with Gasteiger partial charge in [0.25, 0.3) is 0 Å². The van der Waals surface area contributed by atoms with Crippen LogP contribution in [0.1, 0.15) is 45.1 Å². The average molecular weight is 353 g/mol. The molecule has 24 heavy (non-hydrogen) atoms. The zero-order valence-corrected chi connectivity index (χ0v) is 16.2. The molecule has 0 aromatic carbocycles. The van der Waals surface area contributed by atoms with Gasteiger partial charge >= 0.3 is 0 Å². The molecule has 1 N–H and O–H groups in total. The van der Waals surface area contributed by atoms with Gasteiger partial charge in [-0.15, -0.1) is 12.4 Å². The Kier molecular flexibility index (Phi) is 7.33. The van der Waals surface area contributed by atoms with Crippen LogP contribution >= 0.6 is 12.4 Å². The molecule has 3 rings (SSSR count). The van der Waals surface area contributed by atoms with E-state index in [9.17, 15) is 0 Å². The predicted octanol–water partition coefficient (Wildman–Crippen LogP) is 3.31. The summed E-state index contributed by atoms with van der Waals surface area (Å²) >= 11 is 0. The highest BCUT2D eigenvalue weighted by atomic mass is 35.5. The van der Waals surface area contributed by atoms with E-state index in [1.165, 1.54) is 50.9 Å². The fourth-order valence-corrected chi connectivity index (χ4v) is 3.87. The molecule has 136 valence electrons. The van der Waals surface area contributed by atoms with E-state index in [1.54, 1.807) is 0 Å². The smallest absolute Gasteiger partial charge is 0.128 e. The summed E-state index contributed by atoms with van der Waals surface area (Å²) in [5, 5.41) is 3.68. The predicted molar refractivity (Wildman–Crippen MR) is 104 cm³/mol. The Labute approximate surface area is 153 Å². The summed E-state index contributed by atoms with van der Waals surface area (Å²) in [6.45, 7) is 9.13. The Morgan fingerprint density at radius 1 is 1.25 bits per heavy atom. The lowest BCUT2D eigenvalue weighted by atomic mass is 9.88. The van der Waals surface area contributed by atoms with Crippen LogP contribution in [0, 0.1) is 5.92 Å². The summed E-state index contributed by atoms with van der Waals surface area (Å²) < 4.78 is 0. The van der Waals surface area contributed by atoms with Gasteiger partial charge in [0.1, 0.15) is 5.82 Å². The number of hydrogen-bond donors (Lipinski definition) is 1. The molecule has 0 radical (unpaired) electrons. The maximum Gasteiger partial charge on any atom is 0.128 e. The normalized spacial score (nSPS) is 22.6. The van der Waals surface area contributed by atoms with E-state index in [0.29, 0.717) is 6.04 Å². The maximum atomic E-state index is 4.63. The van der Waals surface area contributed by atoms with Gasteiger partial charge in [0, 0.05) is 31.9 Å². The SMILES string of the molecule is CC(C)N(C)c1ccc(CN2CCC(C3CCCN3)CC2)cn1.Cl. The third kappa shape index (κ3) is 4.84. The molecule has 0 spiro atoms. The van der Waals surface area contributed by atoms with E-state index in [1.807, 2.05) is 0 Å². The summed E-state index contributed by atoms with van der Waals surface area (Å²) in [5.74, 6) is 1.96. The second-order valence-corrected chi connectivity index (χ2v) is 7.55. The van der Waals surface area contributed by atoms with Gasteiger partial charge in [-0.2, -0.15) is 0 Å². The van der Waals surface area contributed by atoms with Crippen molar-refractivity contribution in [3.05, 3.63) is 23.9 Å². The quantitative estimate of drug-likeness (QED) is 0.880. The number of nitrogens with one attached hydrogen (secondary N) is 1. The number of nitrogens with zero attached hydrogens (tertiary/aromatic N) is 3. The van der Waals surface area contributed by atoms with Crippen molar-refractivity contribution in [3.63, 3.8) is 0 Å². The lowest BCUT2D eigenvalue weighted by Crippen LogP contribution is -2.40. The zero-order valence-electron chi connectivity index (χ0n) is 15.4. The molecule has 0 bridgehead atoms. The molecular weight excluding hydrogens is 320 g/mol. The molecule has 0 saturated carbocycles. The van der Waals surface area contributed by atoms with Crippen LogP contribution in [0.15, 0.2) is 18.3 Å². The number of aromatic nitrogens is 1. The van der Waals surface area contributed by atoms with E-state index in [4.69, 9.17) is 0 Å². The van der Waals surface area contributed by atoms with E-state index in [2.05, 4.69) is 59.3 Å². The van der Waals surface area contributed by atoms with Crippen LogP contribution in [-0.2, 0) is 6.54 Å². The first-order valence-electron chi connectivity index (χ1n) is 9.27. The number of hydrogen-bond acceptors (Lipinski definition) is 4. The number of rotatable bonds is 5. The molecule has 5 heteroatoms. The summed E-state index contributed by atoms with van der Waals surface area (Å²) in [6.07, 6.45) is 7.50. The minimum atomic E-state index is 0. The number of pyridine rings is 1. The summed E-state index contributed by atoms with van der Waals surface area (Å²) in [7, 11) is 2.11. The highest BCUT2D eigenvalue weighted by molar-refractivity contribution is 5.85. The first-order valence-corrected chi connectivity index (χ1v) is 9.27. The Balaban J connectivity index is 0.00000208. The van der Waals surface area contributed by atoms with Gasteiger partial charge in [-0.1, -0.05) is 6.07 Å². The van der Waals surface area contributed by atoms with Crippen molar-refractivity contribution >= 4 is 18.2 Å². The van der Waals surface area contributed by atoms with Crippen molar-refractivity contribution in [2.45, 2.75) is 58.2 Å². The van der Waals surface area contributed by atoms with Gasteiger partial charge in [0.05, 0.1) is 0 Å². The Morgan fingerprint density at radius 3 is 2.54 bits per heavy atom. The topological polar surface area (TPSA) is 31.4 Å². The van der Waals surface area contributed by atoms with Crippen molar-refractivity contribution in [1.82, 2.24) is 15.2 Å². The Bertz CT molecular complexity index is 477. The van der Waals surface area contributed by atoms with E-state index >= 15 is 0 Å². The summed E-state index contributed by atoms with van der Waals surface area (Å²) in [6, 6.07) is 5.68. The molecule has 3 heterocycles. The fourth-order valence-electron chi connectivity index (χ4n) is 3.87. The Morgan fingerprint density at radius 2 is 2.00 bits per heavy atom. The second-order valence-electron chi connectivity index (χ2n) is 7.55. The first kappa shape index (κ1) is 19.5. The molecule has 1 unspecified atom stereocenters. The van der Waals surface area contributed by atoms with Gasteiger partial charge in [-0.05, 0) is 76.7 Å². The molecule has 2 aliphatic rings. The van der Waals surface area contributed by atoms with Gasteiger partial charge in [-0.3, -0.25) is 4.90 Å². The largest absolute Gasteiger partial charge is 0.357 e. The van der Waals surface area contributed by atoms with Crippen LogP contribution in [0.5, 0.6) is 0 Å². The molecule has 0 amide bonds. The van der Waals surface area contributed by atoms with E-state index in [-0.39, 0.29) is 12.4 Å². The van der Waals surface area contributed by atoms with Crippen molar-refractivity contribution in [2.24, 2.45) is 5.92 Å². The molecule has 0 aliphatic carbocycles. The molecule has 1 aromatic heterocycles. The fraction of sp³-hybridized carbons (Fsp3) is 0.737. The minimum Gasteiger partial charge on any atom is -0.357 e. The van der Waals surface area contributed by atoms with Crippen molar-refractivity contribution in [3.8, 4) is 0 Å². The van der Waals surface area contributed by atoms with E-state index < -0.39 is 0 Å². The van der Waals surface area contributed by atoms with E-state index in [0.717, 1.165) is 24.3 Å². The summed E-state index contributed by atoms with van der Waals surface area (Å²) in [4.78, 5) is 9.44.